The van der Waals surface area contributed by atoms with Gasteiger partial charge in [0.1, 0.15) is 0 Å². The van der Waals surface area contributed by atoms with E-state index in [0.717, 1.165) is 11.8 Å². The van der Waals surface area contributed by atoms with Gasteiger partial charge in [0.2, 0.25) is 11.8 Å². The zero-order valence-corrected chi connectivity index (χ0v) is 17.5. The van der Waals surface area contributed by atoms with Gasteiger partial charge in [-0.05, 0) is 23.8 Å². The van der Waals surface area contributed by atoms with Crippen LogP contribution in [0.15, 0.2) is 53.4 Å². The maximum absolute atomic E-state index is 13.0. The molecule has 2 atom stereocenters. The van der Waals surface area contributed by atoms with E-state index in [1.54, 1.807) is 24.1 Å². The first-order valence-electron chi connectivity index (χ1n) is 8.96. The van der Waals surface area contributed by atoms with Crippen molar-refractivity contribution in [1.82, 2.24) is 9.88 Å². The lowest BCUT2D eigenvalue weighted by molar-refractivity contribution is -0.127. The van der Waals surface area contributed by atoms with Crippen LogP contribution in [-0.4, -0.2) is 43.4 Å². The fraction of sp³-hybridized carbons (Fsp3) is 0.250. The molecule has 1 aliphatic heterocycles. The van der Waals surface area contributed by atoms with Gasteiger partial charge < -0.3 is 10.2 Å². The molecule has 0 radical (unpaired) electrons. The fourth-order valence-corrected chi connectivity index (χ4v) is 5.23. The van der Waals surface area contributed by atoms with E-state index in [4.69, 9.17) is 0 Å². The zero-order chi connectivity index (χ0) is 20.8. The molecule has 3 aromatic rings. The van der Waals surface area contributed by atoms with Crippen LogP contribution in [0.4, 0.5) is 5.13 Å². The average Bonchev–Trinajstić information content (AvgIpc) is 3.21. The molecule has 2 heterocycles. The molecule has 1 fully saturated rings. The summed E-state index contributed by atoms with van der Waals surface area (Å²) in [7, 11) is -1.62. The molecule has 29 heavy (non-hydrogen) atoms. The molecular formula is C20H19N3O4S2. The molecule has 0 aliphatic carbocycles. The van der Waals surface area contributed by atoms with Gasteiger partial charge in [-0.3, -0.25) is 9.59 Å². The Morgan fingerprint density at radius 1 is 1.21 bits per heavy atom. The highest BCUT2D eigenvalue weighted by atomic mass is 32.2. The summed E-state index contributed by atoms with van der Waals surface area (Å²) in [5.41, 5.74) is 1.51. The van der Waals surface area contributed by atoms with Gasteiger partial charge in [0.05, 0.1) is 27.1 Å². The number of nitrogens with one attached hydrogen (secondary N) is 1. The minimum absolute atomic E-state index is 0.0823. The number of carbonyl (C=O) groups excluding carboxylic acids is 2. The maximum Gasteiger partial charge on any atom is 0.232 e. The van der Waals surface area contributed by atoms with E-state index in [1.165, 1.54) is 17.4 Å². The molecule has 2 amide bonds. The van der Waals surface area contributed by atoms with E-state index in [0.29, 0.717) is 15.3 Å². The summed E-state index contributed by atoms with van der Waals surface area (Å²) in [6, 6.07) is 13.8. The standard InChI is InChI=1S/C20H19N3O4S2/c1-23-17(24)11-14(18(23)12-6-4-3-5-7-12)19(25)22-20-21-15-9-8-13(29(2,26)27)10-16(15)28-20/h3-10,14,18H,11H2,1-2H3,(H,21,22,25)/t14-,18-/m1/s1. The summed E-state index contributed by atoms with van der Waals surface area (Å²) in [4.78, 5) is 31.4. The number of carbonyl (C=O) groups is 2. The first kappa shape index (κ1) is 19.5. The summed E-state index contributed by atoms with van der Waals surface area (Å²) >= 11 is 1.21. The molecule has 0 spiro atoms. The maximum atomic E-state index is 13.0. The molecule has 9 heteroatoms. The average molecular weight is 430 g/mol. The fourth-order valence-electron chi connectivity index (χ4n) is 3.60. The van der Waals surface area contributed by atoms with Crippen LogP contribution in [0.3, 0.4) is 0 Å². The number of amides is 2. The molecule has 4 rings (SSSR count). The Balaban J connectivity index is 1.60. The number of aromatic nitrogens is 1. The first-order chi connectivity index (χ1) is 13.7. The molecule has 0 saturated carbocycles. The Bertz CT molecular complexity index is 1200. The second kappa shape index (κ2) is 7.23. The van der Waals surface area contributed by atoms with Crippen LogP contribution in [0.2, 0.25) is 0 Å². The van der Waals surface area contributed by atoms with Crippen molar-refractivity contribution in [1.29, 1.82) is 0 Å². The SMILES string of the molecule is CN1C(=O)C[C@@H](C(=O)Nc2nc3ccc(S(C)(=O)=O)cc3s2)[C@H]1c1ccccc1. The normalized spacial score (nSPS) is 19.7. The summed E-state index contributed by atoms with van der Waals surface area (Å²) in [6.07, 6.45) is 1.28. The van der Waals surface area contributed by atoms with Gasteiger partial charge in [0.25, 0.3) is 0 Å². The third-order valence-corrected chi connectivity index (χ3v) is 7.13. The quantitative estimate of drug-likeness (QED) is 0.688. The number of likely N-dealkylation sites (tertiary alicyclic amines) is 1. The third-order valence-electron chi connectivity index (χ3n) is 5.08. The lowest BCUT2D eigenvalue weighted by atomic mass is 9.93. The number of hydrogen-bond donors (Lipinski definition) is 1. The van der Waals surface area contributed by atoms with Crippen molar-refractivity contribution in [2.24, 2.45) is 5.92 Å². The van der Waals surface area contributed by atoms with Crippen LogP contribution in [0.5, 0.6) is 0 Å². The lowest BCUT2D eigenvalue weighted by Crippen LogP contribution is -2.29. The van der Waals surface area contributed by atoms with Crippen molar-refractivity contribution < 1.29 is 18.0 Å². The third kappa shape index (κ3) is 3.75. The molecule has 1 aliphatic rings. The van der Waals surface area contributed by atoms with Crippen LogP contribution in [0.1, 0.15) is 18.0 Å². The summed E-state index contributed by atoms with van der Waals surface area (Å²) in [5.74, 6) is -0.895. The summed E-state index contributed by atoms with van der Waals surface area (Å²) in [5, 5.41) is 3.19. The molecule has 2 aromatic carbocycles. The van der Waals surface area contributed by atoms with Gasteiger partial charge in [-0.25, -0.2) is 13.4 Å². The molecule has 1 aromatic heterocycles. The van der Waals surface area contributed by atoms with E-state index in [-0.39, 0.29) is 29.2 Å². The Labute approximate surface area is 172 Å². The van der Waals surface area contributed by atoms with Crippen molar-refractivity contribution in [3.8, 4) is 0 Å². The van der Waals surface area contributed by atoms with Gasteiger partial charge >= 0.3 is 0 Å². The van der Waals surface area contributed by atoms with E-state index >= 15 is 0 Å². The van der Waals surface area contributed by atoms with Crippen LogP contribution in [0, 0.1) is 5.92 Å². The molecule has 150 valence electrons. The number of rotatable bonds is 4. The van der Waals surface area contributed by atoms with E-state index < -0.39 is 15.8 Å². The van der Waals surface area contributed by atoms with Crippen molar-refractivity contribution in [3.63, 3.8) is 0 Å². The van der Waals surface area contributed by atoms with Crippen molar-refractivity contribution in [3.05, 3.63) is 54.1 Å². The van der Waals surface area contributed by atoms with Crippen LogP contribution >= 0.6 is 11.3 Å². The molecule has 1 saturated heterocycles. The van der Waals surface area contributed by atoms with Gasteiger partial charge in [0.15, 0.2) is 15.0 Å². The van der Waals surface area contributed by atoms with Gasteiger partial charge in [-0.2, -0.15) is 0 Å². The van der Waals surface area contributed by atoms with E-state index in [9.17, 15) is 18.0 Å². The first-order valence-corrected chi connectivity index (χ1v) is 11.7. The largest absolute Gasteiger partial charge is 0.338 e. The van der Waals surface area contributed by atoms with Crippen LogP contribution in [-0.2, 0) is 19.4 Å². The van der Waals surface area contributed by atoms with Crippen molar-refractivity contribution >= 4 is 48.3 Å². The predicted molar refractivity (Wildman–Crippen MR) is 111 cm³/mol. The van der Waals surface area contributed by atoms with Gasteiger partial charge in [0, 0.05) is 19.7 Å². The smallest absolute Gasteiger partial charge is 0.232 e. The molecule has 0 unspecified atom stereocenters. The monoisotopic (exact) mass is 429 g/mol. The number of nitrogens with zero attached hydrogens (tertiary/aromatic N) is 2. The Morgan fingerprint density at radius 2 is 1.93 bits per heavy atom. The summed E-state index contributed by atoms with van der Waals surface area (Å²) in [6.45, 7) is 0. The number of benzene rings is 2. The number of fused-ring (bicyclic) bond motifs is 1. The molecule has 0 bridgehead atoms. The van der Waals surface area contributed by atoms with Crippen LogP contribution in [0.25, 0.3) is 10.2 Å². The highest BCUT2D eigenvalue weighted by Gasteiger charge is 2.42. The second-order valence-corrected chi connectivity index (χ2v) is 10.1. The predicted octanol–water partition coefficient (Wildman–Crippen LogP) is 2.86. The zero-order valence-electron chi connectivity index (χ0n) is 15.8. The Morgan fingerprint density at radius 3 is 2.62 bits per heavy atom. The highest BCUT2D eigenvalue weighted by Crippen LogP contribution is 2.38. The van der Waals surface area contributed by atoms with E-state index in [1.807, 2.05) is 30.3 Å². The summed E-state index contributed by atoms with van der Waals surface area (Å²) < 4.78 is 24.2. The molecular weight excluding hydrogens is 410 g/mol. The number of anilines is 1. The lowest BCUT2D eigenvalue weighted by Gasteiger charge is -2.24. The Hall–Kier alpha value is -2.78. The topological polar surface area (TPSA) is 96.4 Å². The van der Waals surface area contributed by atoms with Crippen molar-refractivity contribution in [2.45, 2.75) is 17.4 Å². The minimum Gasteiger partial charge on any atom is -0.338 e. The second-order valence-electron chi connectivity index (χ2n) is 7.08. The van der Waals surface area contributed by atoms with Crippen molar-refractivity contribution in [2.75, 3.05) is 18.6 Å². The van der Waals surface area contributed by atoms with E-state index in [2.05, 4.69) is 10.3 Å². The van der Waals surface area contributed by atoms with Gasteiger partial charge in [-0.1, -0.05) is 41.7 Å². The molecule has 1 N–H and O–H groups in total. The van der Waals surface area contributed by atoms with Gasteiger partial charge in [-0.15, -0.1) is 0 Å². The number of hydrogen-bond acceptors (Lipinski definition) is 6. The number of sulfone groups is 1. The number of thiazole rings is 1. The molecule has 7 nitrogen and oxygen atoms in total. The Kier molecular flexibility index (Phi) is 4.87. The van der Waals surface area contributed by atoms with Crippen LogP contribution < -0.4 is 5.32 Å². The minimum atomic E-state index is -3.32. The highest BCUT2D eigenvalue weighted by molar-refractivity contribution is 7.90.